The molecule has 2 N–H and O–H groups in total. The van der Waals surface area contributed by atoms with E-state index in [4.69, 9.17) is 24.7 Å². The minimum absolute atomic E-state index is 0.0600. The minimum Gasteiger partial charge on any atom is -0.486 e. The van der Waals surface area contributed by atoms with E-state index in [2.05, 4.69) is 17.1 Å². The summed E-state index contributed by atoms with van der Waals surface area (Å²) in [5, 5.41) is 19.9. The van der Waals surface area contributed by atoms with Gasteiger partial charge in [-0.2, -0.15) is 10.5 Å². The number of aromatic nitrogens is 1. The summed E-state index contributed by atoms with van der Waals surface area (Å²) in [6.45, 7) is 2.25. The van der Waals surface area contributed by atoms with Gasteiger partial charge >= 0.3 is 0 Å². The van der Waals surface area contributed by atoms with Crippen molar-refractivity contribution >= 4 is 17.6 Å². The molecule has 2 saturated heterocycles. The predicted octanol–water partition coefficient (Wildman–Crippen LogP) is 2.32. The number of hydrogen-bond donors (Lipinski definition) is 1. The maximum atomic E-state index is 9.82. The van der Waals surface area contributed by atoms with Crippen LogP contribution >= 0.6 is 11.8 Å². The number of ether oxygens (including phenoxy) is 4. The summed E-state index contributed by atoms with van der Waals surface area (Å²) in [7, 11) is 0. The van der Waals surface area contributed by atoms with Crippen LogP contribution in [0.3, 0.4) is 0 Å². The zero-order chi connectivity index (χ0) is 20.2. The highest BCUT2D eigenvalue weighted by molar-refractivity contribution is 7.99. The van der Waals surface area contributed by atoms with Crippen LogP contribution in [0.25, 0.3) is 11.1 Å². The van der Waals surface area contributed by atoms with E-state index in [9.17, 15) is 10.5 Å². The van der Waals surface area contributed by atoms with Crippen LogP contribution in [0, 0.1) is 22.7 Å². The highest BCUT2D eigenvalue weighted by atomic mass is 32.2. The van der Waals surface area contributed by atoms with E-state index in [1.165, 1.54) is 11.8 Å². The van der Waals surface area contributed by atoms with Crippen LogP contribution in [0.1, 0.15) is 11.1 Å². The molecule has 0 saturated carbocycles. The molecule has 0 radical (unpaired) electrons. The molecule has 1 aromatic heterocycles. The van der Waals surface area contributed by atoms with Crippen molar-refractivity contribution in [1.29, 1.82) is 10.5 Å². The van der Waals surface area contributed by atoms with Gasteiger partial charge in [-0.05, 0) is 17.7 Å². The molecule has 4 rings (SSSR count). The van der Waals surface area contributed by atoms with Gasteiger partial charge < -0.3 is 24.7 Å². The lowest BCUT2D eigenvalue weighted by Gasteiger charge is -2.26. The van der Waals surface area contributed by atoms with Crippen LogP contribution in [0.5, 0.6) is 5.75 Å². The first-order valence-corrected chi connectivity index (χ1v) is 10.0. The van der Waals surface area contributed by atoms with E-state index in [1.807, 2.05) is 12.1 Å². The monoisotopic (exact) mass is 410 g/mol. The Hall–Kier alpha value is -2.82. The van der Waals surface area contributed by atoms with Gasteiger partial charge in [-0.3, -0.25) is 0 Å². The second kappa shape index (κ2) is 8.68. The van der Waals surface area contributed by atoms with E-state index >= 15 is 0 Å². The summed E-state index contributed by atoms with van der Waals surface area (Å²) in [6, 6.07) is 11.5. The van der Waals surface area contributed by atoms with Gasteiger partial charge in [0, 0.05) is 5.56 Å². The average Bonchev–Trinajstić information content (AvgIpc) is 3.22. The van der Waals surface area contributed by atoms with Gasteiger partial charge in [-0.15, -0.1) is 0 Å². The Kier molecular flexibility index (Phi) is 5.84. The number of rotatable bonds is 6. The van der Waals surface area contributed by atoms with Crippen LogP contribution in [0.15, 0.2) is 29.3 Å². The summed E-state index contributed by atoms with van der Waals surface area (Å²) >= 11 is 1.32. The maximum Gasteiger partial charge on any atom is 0.167 e. The van der Waals surface area contributed by atoms with Gasteiger partial charge in [0.25, 0.3) is 0 Å². The third-order valence-electron chi connectivity index (χ3n) is 4.52. The highest BCUT2D eigenvalue weighted by Crippen LogP contribution is 2.36. The highest BCUT2D eigenvalue weighted by Gasteiger charge is 2.24. The molecule has 3 heterocycles. The lowest BCUT2D eigenvalue weighted by Crippen LogP contribution is -2.38. The Morgan fingerprint density at radius 2 is 1.79 bits per heavy atom. The van der Waals surface area contributed by atoms with Crippen molar-refractivity contribution in [2.75, 3.05) is 37.9 Å². The number of anilines is 1. The molecule has 9 heteroatoms. The molecular weight excluding hydrogens is 392 g/mol. The van der Waals surface area contributed by atoms with E-state index in [0.29, 0.717) is 59.6 Å². The zero-order valence-electron chi connectivity index (χ0n) is 15.5. The summed E-state index contributed by atoms with van der Waals surface area (Å²) in [5.41, 5.74) is 7.69. The molecule has 2 fully saturated rings. The molecular formula is C20H18N4O4S. The molecule has 29 heavy (non-hydrogen) atoms. The smallest absolute Gasteiger partial charge is 0.167 e. The van der Waals surface area contributed by atoms with Crippen molar-refractivity contribution in [2.24, 2.45) is 0 Å². The van der Waals surface area contributed by atoms with Gasteiger partial charge in [-0.1, -0.05) is 23.9 Å². The Labute approximate surface area is 172 Å². The first-order chi connectivity index (χ1) is 14.2. The van der Waals surface area contributed by atoms with Crippen molar-refractivity contribution in [3.63, 3.8) is 0 Å². The summed E-state index contributed by atoms with van der Waals surface area (Å²) in [6.07, 6.45) is -0.287. The predicted molar refractivity (Wildman–Crippen MR) is 105 cm³/mol. The first-order valence-electron chi connectivity index (χ1n) is 9.04. The van der Waals surface area contributed by atoms with Gasteiger partial charge in [0.05, 0.1) is 37.7 Å². The Morgan fingerprint density at radius 1 is 1.10 bits per heavy atom. The Morgan fingerprint density at radius 3 is 2.38 bits per heavy atom. The van der Waals surface area contributed by atoms with Gasteiger partial charge in [0.15, 0.2) is 6.29 Å². The number of nitrogens with two attached hydrogens (primary N) is 1. The number of hydrogen-bond acceptors (Lipinski definition) is 9. The normalized spacial score (nSPS) is 16.8. The van der Waals surface area contributed by atoms with Crippen LogP contribution < -0.4 is 10.5 Å². The van der Waals surface area contributed by atoms with E-state index in [0.717, 1.165) is 0 Å². The van der Waals surface area contributed by atoms with Crippen molar-refractivity contribution in [2.45, 2.75) is 17.4 Å². The van der Waals surface area contributed by atoms with Crippen molar-refractivity contribution in [3.8, 4) is 29.0 Å². The van der Waals surface area contributed by atoms with Crippen molar-refractivity contribution < 1.29 is 18.9 Å². The molecule has 0 amide bonds. The average molecular weight is 410 g/mol. The zero-order valence-corrected chi connectivity index (χ0v) is 16.3. The number of benzene rings is 1. The molecule has 2 aliphatic rings. The van der Waals surface area contributed by atoms with Crippen LogP contribution in [0.4, 0.5) is 5.82 Å². The molecule has 0 bridgehead atoms. The standard InChI is InChI=1S/C20H18N4O4S/c21-7-15-18(12-1-3-13(4-2-12)28-14-9-25-10-14)16(8-22)20(24-19(15)23)29-11-17-26-5-6-27-17/h1-4,14,17H,5-6,9-11H2,(H2,23,24). The summed E-state index contributed by atoms with van der Waals surface area (Å²) in [5.74, 6) is 1.26. The van der Waals surface area contributed by atoms with Gasteiger partial charge in [-0.25, -0.2) is 4.98 Å². The topological polar surface area (TPSA) is 123 Å². The fraction of sp³-hybridized carbons (Fsp3) is 0.350. The Bertz CT molecular complexity index is 974. The maximum absolute atomic E-state index is 9.82. The summed E-state index contributed by atoms with van der Waals surface area (Å²) < 4.78 is 21.8. The molecule has 0 unspecified atom stereocenters. The summed E-state index contributed by atoms with van der Waals surface area (Å²) in [4.78, 5) is 4.28. The molecule has 0 atom stereocenters. The van der Waals surface area contributed by atoms with Gasteiger partial charge in [0.2, 0.25) is 0 Å². The van der Waals surface area contributed by atoms with Crippen LogP contribution in [-0.2, 0) is 14.2 Å². The number of nitriles is 2. The second-order valence-electron chi connectivity index (χ2n) is 6.43. The first kappa shape index (κ1) is 19.5. The third kappa shape index (κ3) is 4.14. The molecule has 8 nitrogen and oxygen atoms in total. The SMILES string of the molecule is N#Cc1c(N)nc(SCC2OCCO2)c(C#N)c1-c1ccc(OC2COC2)cc1. The number of pyridine rings is 1. The molecule has 2 aromatic rings. The number of nitrogens with zero attached hydrogens (tertiary/aromatic N) is 3. The van der Waals surface area contributed by atoms with E-state index in [1.54, 1.807) is 12.1 Å². The Balaban J connectivity index is 1.66. The number of thioether (sulfide) groups is 1. The van der Waals surface area contributed by atoms with E-state index < -0.39 is 0 Å². The molecule has 0 aliphatic carbocycles. The third-order valence-corrected chi connectivity index (χ3v) is 5.52. The molecule has 2 aliphatic heterocycles. The quantitative estimate of drug-likeness (QED) is 0.714. The van der Waals surface area contributed by atoms with Gasteiger partial charge in [0.1, 0.15) is 40.4 Å². The lowest BCUT2D eigenvalue weighted by atomic mass is 9.97. The fourth-order valence-corrected chi connectivity index (χ4v) is 3.96. The second-order valence-corrected chi connectivity index (χ2v) is 7.44. The molecule has 148 valence electrons. The molecule has 1 aromatic carbocycles. The fourth-order valence-electron chi connectivity index (χ4n) is 3.02. The molecule has 0 spiro atoms. The number of nitrogen functional groups attached to an aromatic ring is 1. The van der Waals surface area contributed by atoms with E-state index in [-0.39, 0.29) is 23.8 Å². The van der Waals surface area contributed by atoms with Crippen molar-refractivity contribution in [3.05, 3.63) is 35.4 Å². The van der Waals surface area contributed by atoms with Crippen molar-refractivity contribution in [1.82, 2.24) is 4.98 Å². The van der Waals surface area contributed by atoms with Crippen LogP contribution in [0.2, 0.25) is 0 Å². The lowest BCUT2D eigenvalue weighted by molar-refractivity contribution is -0.0796. The van der Waals surface area contributed by atoms with Crippen LogP contribution in [-0.4, -0.2) is 49.6 Å². The largest absolute Gasteiger partial charge is 0.486 e. The minimum atomic E-state index is -0.347.